The maximum absolute atomic E-state index is 12.4. The van der Waals surface area contributed by atoms with Crippen LogP contribution >= 0.6 is 0 Å². The van der Waals surface area contributed by atoms with Gasteiger partial charge in [-0.25, -0.2) is 9.78 Å². The van der Waals surface area contributed by atoms with Crippen LogP contribution in [0.3, 0.4) is 0 Å². The summed E-state index contributed by atoms with van der Waals surface area (Å²) in [5.41, 5.74) is 2.15. The molecule has 7 heteroatoms. The van der Waals surface area contributed by atoms with E-state index in [4.69, 9.17) is 4.74 Å². The lowest BCUT2D eigenvalue weighted by Gasteiger charge is -2.23. The molecule has 1 amide bonds. The van der Waals surface area contributed by atoms with E-state index in [2.05, 4.69) is 20.6 Å². The maximum atomic E-state index is 12.4. The van der Waals surface area contributed by atoms with Gasteiger partial charge in [0, 0.05) is 12.6 Å². The zero-order chi connectivity index (χ0) is 19.5. The van der Waals surface area contributed by atoms with Crippen LogP contribution in [0.2, 0.25) is 0 Å². The number of para-hydroxylation sites is 1. The minimum atomic E-state index is -0.544. The van der Waals surface area contributed by atoms with Crippen molar-refractivity contribution in [1.82, 2.24) is 20.6 Å². The normalized spacial score (nSPS) is 16.7. The van der Waals surface area contributed by atoms with Gasteiger partial charge < -0.3 is 20.5 Å². The molecule has 28 heavy (non-hydrogen) atoms. The third-order valence-electron chi connectivity index (χ3n) is 4.77. The highest BCUT2D eigenvalue weighted by Gasteiger charge is 2.19. The van der Waals surface area contributed by atoms with Gasteiger partial charge in [0.2, 0.25) is 5.88 Å². The Morgan fingerprint density at radius 3 is 2.89 bits per heavy atom. The van der Waals surface area contributed by atoms with Crippen LogP contribution in [0.15, 0.2) is 42.5 Å². The van der Waals surface area contributed by atoms with E-state index in [0.29, 0.717) is 22.3 Å². The van der Waals surface area contributed by atoms with Crippen molar-refractivity contribution in [2.75, 3.05) is 13.1 Å². The number of amides is 1. The van der Waals surface area contributed by atoms with Gasteiger partial charge in [0.05, 0.1) is 16.5 Å². The maximum Gasteiger partial charge on any atom is 0.414 e. The van der Waals surface area contributed by atoms with Crippen molar-refractivity contribution >= 4 is 17.0 Å². The number of rotatable bonds is 3. The molecule has 4 rings (SSSR count). The zero-order valence-electron chi connectivity index (χ0n) is 15.6. The molecule has 0 saturated carbocycles. The molecule has 2 heterocycles. The van der Waals surface area contributed by atoms with E-state index in [1.807, 2.05) is 25.1 Å². The molecule has 0 spiro atoms. The molecule has 1 fully saturated rings. The quantitative estimate of drug-likeness (QED) is 0.648. The van der Waals surface area contributed by atoms with Crippen LogP contribution in [0, 0.1) is 6.92 Å². The molecule has 3 N–H and O–H groups in total. The molecule has 1 aliphatic heterocycles. The van der Waals surface area contributed by atoms with Crippen LogP contribution in [0.5, 0.6) is 11.6 Å². The van der Waals surface area contributed by atoms with Gasteiger partial charge in [-0.2, -0.15) is 4.98 Å². The number of carbonyl (C=O) groups excluding carboxylic acids is 1. The Kier molecular flexibility index (Phi) is 5.08. The van der Waals surface area contributed by atoms with E-state index in [-0.39, 0.29) is 17.7 Å². The third kappa shape index (κ3) is 3.89. The molecule has 1 aromatic heterocycles. The number of benzene rings is 2. The van der Waals surface area contributed by atoms with E-state index in [1.165, 1.54) is 0 Å². The van der Waals surface area contributed by atoms with Gasteiger partial charge in [-0.05, 0) is 56.1 Å². The fourth-order valence-electron chi connectivity index (χ4n) is 3.33. The van der Waals surface area contributed by atoms with Crippen molar-refractivity contribution in [2.45, 2.75) is 25.8 Å². The number of fused-ring (bicyclic) bond motifs is 1. The molecule has 0 unspecified atom stereocenters. The van der Waals surface area contributed by atoms with Gasteiger partial charge in [0.1, 0.15) is 5.75 Å². The molecule has 2 aromatic carbocycles. The zero-order valence-corrected chi connectivity index (χ0v) is 15.6. The second-order valence-corrected chi connectivity index (χ2v) is 6.97. The third-order valence-corrected chi connectivity index (χ3v) is 4.77. The van der Waals surface area contributed by atoms with Gasteiger partial charge >= 0.3 is 6.09 Å². The summed E-state index contributed by atoms with van der Waals surface area (Å²) >= 11 is 0. The number of nitrogens with zero attached hydrogens (tertiary/aromatic N) is 2. The molecule has 7 nitrogen and oxygen atoms in total. The van der Waals surface area contributed by atoms with Crippen LogP contribution in [0.1, 0.15) is 18.4 Å². The lowest BCUT2D eigenvalue weighted by atomic mass is 10.1. The largest absolute Gasteiger partial charge is 0.507 e. The predicted octanol–water partition coefficient (Wildman–Crippen LogP) is 3.15. The highest BCUT2D eigenvalue weighted by atomic mass is 16.6. The first-order valence-electron chi connectivity index (χ1n) is 9.36. The average molecular weight is 378 g/mol. The Balaban J connectivity index is 1.69. The predicted molar refractivity (Wildman–Crippen MR) is 106 cm³/mol. The molecule has 1 saturated heterocycles. The number of hydrogen-bond donors (Lipinski definition) is 3. The van der Waals surface area contributed by atoms with Gasteiger partial charge in [-0.15, -0.1) is 0 Å². The molecule has 0 aliphatic carbocycles. The Morgan fingerprint density at radius 1 is 1.25 bits per heavy atom. The van der Waals surface area contributed by atoms with Gasteiger partial charge in [-0.1, -0.05) is 18.2 Å². The highest BCUT2D eigenvalue weighted by molar-refractivity contribution is 5.88. The Bertz CT molecular complexity index is 1020. The first-order valence-corrected chi connectivity index (χ1v) is 9.36. The van der Waals surface area contributed by atoms with E-state index >= 15 is 0 Å². The summed E-state index contributed by atoms with van der Waals surface area (Å²) in [6, 6.07) is 12.5. The number of ether oxygens (including phenoxy) is 1. The van der Waals surface area contributed by atoms with Crippen LogP contribution < -0.4 is 15.4 Å². The molecular weight excluding hydrogens is 356 g/mol. The van der Waals surface area contributed by atoms with Crippen molar-refractivity contribution in [3.05, 3.63) is 48.0 Å². The van der Waals surface area contributed by atoms with Crippen LogP contribution in [-0.2, 0) is 0 Å². The Hall–Kier alpha value is -3.19. The lowest BCUT2D eigenvalue weighted by molar-refractivity contribution is 0.192. The van der Waals surface area contributed by atoms with E-state index in [1.54, 1.807) is 24.3 Å². The number of piperidine rings is 1. The minimum Gasteiger partial charge on any atom is -0.507 e. The topological polar surface area (TPSA) is 96.4 Å². The molecular formula is C21H22N4O3. The summed E-state index contributed by atoms with van der Waals surface area (Å²) in [4.78, 5) is 21.4. The smallest absolute Gasteiger partial charge is 0.414 e. The summed E-state index contributed by atoms with van der Waals surface area (Å²) in [6.07, 6.45) is 1.38. The summed E-state index contributed by atoms with van der Waals surface area (Å²) in [5.74, 6) is 0.543. The van der Waals surface area contributed by atoms with Gasteiger partial charge in [0.15, 0.2) is 5.82 Å². The first-order chi connectivity index (χ1) is 13.6. The Morgan fingerprint density at radius 2 is 2.11 bits per heavy atom. The van der Waals surface area contributed by atoms with Crippen molar-refractivity contribution in [3.63, 3.8) is 0 Å². The van der Waals surface area contributed by atoms with Crippen LogP contribution in [-0.4, -0.2) is 40.3 Å². The Labute approximate surface area is 162 Å². The molecule has 0 radical (unpaired) electrons. The van der Waals surface area contributed by atoms with Crippen molar-refractivity contribution in [3.8, 4) is 23.0 Å². The second-order valence-electron chi connectivity index (χ2n) is 6.97. The van der Waals surface area contributed by atoms with Crippen LogP contribution in [0.25, 0.3) is 22.3 Å². The summed E-state index contributed by atoms with van der Waals surface area (Å²) in [5, 5.41) is 16.9. The second kappa shape index (κ2) is 7.82. The number of carbonyl (C=O) groups is 1. The SMILES string of the molecule is Cc1ccc2c(OC(=O)N[C@H]3CCCNC3)nc(-c3ccccc3O)nc2c1. The van der Waals surface area contributed by atoms with E-state index in [0.717, 1.165) is 31.5 Å². The highest BCUT2D eigenvalue weighted by Crippen LogP contribution is 2.31. The van der Waals surface area contributed by atoms with Gasteiger partial charge in [-0.3, -0.25) is 0 Å². The summed E-state index contributed by atoms with van der Waals surface area (Å²) < 4.78 is 5.56. The monoisotopic (exact) mass is 378 g/mol. The molecule has 3 aromatic rings. The lowest BCUT2D eigenvalue weighted by Crippen LogP contribution is -2.46. The van der Waals surface area contributed by atoms with Crippen molar-refractivity contribution < 1.29 is 14.6 Å². The number of aromatic nitrogens is 2. The number of hydrogen-bond acceptors (Lipinski definition) is 6. The van der Waals surface area contributed by atoms with Gasteiger partial charge in [0.25, 0.3) is 0 Å². The number of nitrogens with one attached hydrogen (secondary N) is 2. The molecule has 0 bridgehead atoms. The molecule has 1 aliphatic rings. The van der Waals surface area contributed by atoms with Crippen LogP contribution in [0.4, 0.5) is 4.79 Å². The minimum absolute atomic E-state index is 0.0363. The van der Waals surface area contributed by atoms with E-state index < -0.39 is 6.09 Å². The molecule has 144 valence electrons. The molecule has 1 atom stereocenters. The summed E-state index contributed by atoms with van der Waals surface area (Å²) in [7, 11) is 0. The van der Waals surface area contributed by atoms with Crippen molar-refractivity contribution in [2.24, 2.45) is 0 Å². The average Bonchev–Trinajstić information content (AvgIpc) is 2.68. The number of aryl methyl sites for hydroxylation is 1. The van der Waals surface area contributed by atoms with E-state index in [9.17, 15) is 9.90 Å². The fourth-order valence-corrected chi connectivity index (χ4v) is 3.33. The van der Waals surface area contributed by atoms with Crippen molar-refractivity contribution in [1.29, 1.82) is 0 Å². The number of phenolic OH excluding ortho intramolecular Hbond substituents is 1. The standard InChI is InChI=1S/C21H22N4O3/c1-13-8-9-15-17(11-13)24-19(16-6-2-3-7-18(16)26)25-20(15)28-21(27)23-14-5-4-10-22-12-14/h2-3,6-9,11,14,22,26H,4-5,10,12H2,1H3,(H,23,27)/t14-/m0/s1. The first kappa shape index (κ1) is 18.2. The summed E-state index contributed by atoms with van der Waals surface area (Å²) in [6.45, 7) is 3.65. The fraction of sp³-hybridized carbons (Fsp3) is 0.286. The number of phenols is 1. The number of aromatic hydroxyl groups is 1.